The normalized spacial score (nSPS) is 21.1. The van der Waals surface area contributed by atoms with Crippen LogP contribution in [-0.4, -0.2) is 42.2 Å². The Kier molecular flexibility index (Phi) is 3.65. The van der Waals surface area contributed by atoms with E-state index in [0.29, 0.717) is 6.04 Å². The molecule has 102 valence electrons. The molecule has 1 atom stereocenters. The molecule has 1 aromatic carbocycles. The number of likely N-dealkylation sites (N-methyl/N-ethyl adjacent to an activating group) is 1. The van der Waals surface area contributed by atoms with Crippen molar-refractivity contribution in [2.24, 2.45) is 7.05 Å². The summed E-state index contributed by atoms with van der Waals surface area (Å²) in [4.78, 5) is 2.47. The standard InChI is InChI=1S/C15H20BrN3/c1-18-6-5-17-9-13(18)7-11-10-19(2)15-4-3-12(16)8-14(11)15/h3-4,8,10,13,17H,5-7,9H2,1-2H3. The lowest BCUT2D eigenvalue weighted by atomic mass is 10.0. The molecule has 1 aromatic heterocycles. The molecule has 1 fully saturated rings. The van der Waals surface area contributed by atoms with Gasteiger partial charge in [0, 0.05) is 54.3 Å². The zero-order chi connectivity index (χ0) is 13.4. The Morgan fingerprint density at radius 1 is 1.37 bits per heavy atom. The number of aromatic nitrogens is 1. The summed E-state index contributed by atoms with van der Waals surface area (Å²) in [6.07, 6.45) is 3.39. The first-order chi connectivity index (χ1) is 9.15. The molecular weight excluding hydrogens is 302 g/mol. The van der Waals surface area contributed by atoms with Crippen LogP contribution in [0.15, 0.2) is 28.9 Å². The molecule has 0 radical (unpaired) electrons. The molecule has 1 saturated heterocycles. The minimum atomic E-state index is 0.596. The van der Waals surface area contributed by atoms with Gasteiger partial charge in [0.2, 0.25) is 0 Å². The van der Waals surface area contributed by atoms with Crippen molar-refractivity contribution < 1.29 is 0 Å². The first kappa shape index (κ1) is 13.2. The summed E-state index contributed by atoms with van der Waals surface area (Å²) in [5.74, 6) is 0. The van der Waals surface area contributed by atoms with Crippen LogP contribution >= 0.6 is 15.9 Å². The van der Waals surface area contributed by atoms with Crippen molar-refractivity contribution >= 4 is 26.8 Å². The van der Waals surface area contributed by atoms with Crippen LogP contribution in [0.5, 0.6) is 0 Å². The van der Waals surface area contributed by atoms with E-state index in [0.717, 1.165) is 30.5 Å². The van der Waals surface area contributed by atoms with E-state index in [1.165, 1.54) is 16.5 Å². The number of fused-ring (bicyclic) bond motifs is 1. The third-order valence-electron chi connectivity index (χ3n) is 4.13. The molecule has 1 aliphatic heterocycles. The van der Waals surface area contributed by atoms with Crippen LogP contribution < -0.4 is 5.32 Å². The van der Waals surface area contributed by atoms with Gasteiger partial charge in [0.1, 0.15) is 0 Å². The van der Waals surface area contributed by atoms with E-state index in [1.807, 2.05) is 0 Å². The highest BCUT2D eigenvalue weighted by Crippen LogP contribution is 2.26. The largest absolute Gasteiger partial charge is 0.350 e. The molecule has 0 bridgehead atoms. The van der Waals surface area contributed by atoms with Gasteiger partial charge in [-0.2, -0.15) is 0 Å². The van der Waals surface area contributed by atoms with Crippen molar-refractivity contribution in [2.75, 3.05) is 26.7 Å². The predicted octanol–water partition coefficient (Wildman–Crippen LogP) is 2.39. The maximum Gasteiger partial charge on any atom is 0.0481 e. The zero-order valence-electron chi connectivity index (χ0n) is 11.5. The smallest absolute Gasteiger partial charge is 0.0481 e. The number of hydrogen-bond acceptors (Lipinski definition) is 2. The van der Waals surface area contributed by atoms with E-state index in [2.05, 4.69) is 69.2 Å². The average molecular weight is 322 g/mol. The Morgan fingerprint density at radius 2 is 2.21 bits per heavy atom. The molecule has 19 heavy (non-hydrogen) atoms. The van der Waals surface area contributed by atoms with Crippen molar-refractivity contribution in [2.45, 2.75) is 12.5 Å². The second kappa shape index (κ2) is 5.27. The van der Waals surface area contributed by atoms with Crippen LogP contribution in [0.3, 0.4) is 0 Å². The fourth-order valence-electron chi connectivity index (χ4n) is 2.95. The molecule has 1 aliphatic rings. The Morgan fingerprint density at radius 3 is 3.00 bits per heavy atom. The fraction of sp³-hybridized carbons (Fsp3) is 0.467. The predicted molar refractivity (Wildman–Crippen MR) is 83.6 cm³/mol. The van der Waals surface area contributed by atoms with Gasteiger partial charge in [-0.1, -0.05) is 15.9 Å². The van der Waals surface area contributed by atoms with Crippen LogP contribution in [0, 0.1) is 0 Å². The number of nitrogens with one attached hydrogen (secondary N) is 1. The van der Waals surface area contributed by atoms with Crippen molar-refractivity contribution in [3.05, 3.63) is 34.4 Å². The second-order valence-electron chi connectivity index (χ2n) is 5.47. The van der Waals surface area contributed by atoms with Crippen LogP contribution in [-0.2, 0) is 13.5 Å². The number of piperazine rings is 1. The van der Waals surface area contributed by atoms with E-state index in [9.17, 15) is 0 Å². The highest BCUT2D eigenvalue weighted by Gasteiger charge is 2.20. The first-order valence-electron chi connectivity index (χ1n) is 6.79. The number of aryl methyl sites for hydroxylation is 1. The van der Waals surface area contributed by atoms with Crippen molar-refractivity contribution in [3.63, 3.8) is 0 Å². The quantitative estimate of drug-likeness (QED) is 0.916. The number of halogens is 1. The Hall–Kier alpha value is -0.840. The van der Waals surface area contributed by atoms with Crippen molar-refractivity contribution in [1.82, 2.24) is 14.8 Å². The minimum absolute atomic E-state index is 0.596. The Bertz CT molecular complexity index is 590. The maximum atomic E-state index is 3.58. The summed E-state index contributed by atoms with van der Waals surface area (Å²) in [6, 6.07) is 7.13. The fourth-order valence-corrected chi connectivity index (χ4v) is 3.31. The molecule has 0 aliphatic carbocycles. The number of hydrogen-bond donors (Lipinski definition) is 1. The van der Waals surface area contributed by atoms with E-state index in [4.69, 9.17) is 0 Å². The third kappa shape index (κ3) is 2.57. The van der Waals surface area contributed by atoms with Gasteiger partial charge in [-0.3, -0.25) is 0 Å². The number of benzene rings is 1. The first-order valence-corrected chi connectivity index (χ1v) is 7.59. The molecule has 1 N–H and O–H groups in total. The zero-order valence-corrected chi connectivity index (χ0v) is 13.1. The van der Waals surface area contributed by atoms with E-state index in [1.54, 1.807) is 0 Å². The molecule has 4 heteroatoms. The topological polar surface area (TPSA) is 20.2 Å². The van der Waals surface area contributed by atoms with Crippen LogP contribution in [0.4, 0.5) is 0 Å². The molecule has 2 heterocycles. The molecule has 0 saturated carbocycles. The van der Waals surface area contributed by atoms with Gasteiger partial charge in [0.25, 0.3) is 0 Å². The van der Waals surface area contributed by atoms with Crippen molar-refractivity contribution in [1.29, 1.82) is 0 Å². The van der Waals surface area contributed by atoms with Gasteiger partial charge in [-0.05, 0) is 37.2 Å². The molecule has 1 unspecified atom stereocenters. The van der Waals surface area contributed by atoms with Gasteiger partial charge < -0.3 is 14.8 Å². The number of nitrogens with zero attached hydrogens (tertiary/aromatic N) is 2. The highest BCUT2D eigenvalue weighted by molar-refractivity contribution is 9.10. The van der Waals surface area contributed by atoms with Crippen LogP contribution in [0.25, 0.3) is 10.9 Å². The van der Waals surface area contributed by atoms with Gasteiger partial charge in [-0.15, -0.1) is 0 Å². The summed E-state index contributed by atoms with van der Waals surface area (Å²) in [6.45, 7) is 3.33. The lowest BCUT2D eigenvalue weighted by molar-refractivity contribution is 0.199. The van der Waals surface area contributed by atoms with Crippen molar-refractivity contribution in [3.8, 4) is 0 Å². The Labute approximate surface area is 122 Å². The molecule has 2 aromatic rings. The van der Waals surface area contributed by atoms with Gasteiger partial charge >= 0.3 is 0 Å². The van der Waals surface area contributed by atoms with E-state index in [-0.39, 0.29) is 0 Å². The molecule has 0 spiro atoms. The minimum Gasteiger partial charge on any atom is -0.350 e. The van der Waals surface area contributed by atoms with E-state index >= 15 is 0 Å². The monoisotopic (exact) mass is 321 g/mol. The van der Waals surface area contributed by atoms with E-state index < -0.39 is 0 Å². The van der Waals surface area contributed by atoms with Gasteiger partial charge in [0.05, 0.1) is 0 Å². The molecular formula is C15H20BrN3. The summed E-state index contributed by atoms with van der Waals surface area (Å²) < 4.78 is 3.38. The lowest BCUT2D eigenvalue weighted by Crippen LogP contribution is -2.50. The molecule has 0 amide bonds. The summed E-state index contributed by atoms with van der Waals surface area (Å²) in [5.41, 5.74) is 2.75. The summed E-state index contributed by atoms with van der Waals surface area (Å²) >= 11 is 3.58. The number of rotatable bonds is 2. The highest BCUT2D eigenvalue weighted by atomic mass is 79.9. The SMILES string of the molecule is CN1CCNCC1Cc1cn(C)c2ccc(Br)cc12. The Balaban J connectivity index is 1.94. The second-order valence-corrected chi connectivity index (χ2v) is 6.39. The van der Waals surface area contributed by atoms with Crippen LogP contribution in [0.1, 0.15) is 5.56 Å². The molecule has 3 rings (SSSR count). The summed E-state index contributed by atoms with van der Waals surface area (Å²) in [7, 11) is 4.36. The summed E-state index contributed by atoms with van der Waals surface area (Å²) in [5, 5.41) is 4.87. The maximum absolute atomic E-state index is 3.58. The lowest BCUT2D eigenvalue weighted by Gasteiger charge is -2.33. The third-order valence-corrected chi connectivity index (χ3v) is 4.63. The molecule has 3 nitrogen and oxygen atoms in total. The van der Waals surface area contributed by atoms with Crippen LogP contribution in [0.2, 0.25) is 0 Å². The average Bonchev–Trinajstić information content (AvgIpc) is 2.69. The van der Waals surface area contributed by atoms with Gasteiger partial charge in [-0.25, -0.2) is 0 Å². The van der Waals surface area contributed by atoms with Gasteiger partial charge in [0.15, 0.2) is 0 Å².